The third-order valence-electron chi connectivity index (χ3n) is 2.30. The maximum atomic E-state index is 11.3. The van der Waals surface area contributed by atoms with Crippen molar-refractivity contribution in [3.63, 3.8) is 0 Å². The molecule has 0 aromatic heterocycles. The molecular formula is C12H12BrClO3. The largest absolute Gasteiger partial charge is 0.469 e. The molecule has 0 aliphatic carbocycles. The Morgan fingerprint density at radius 1 is 1.35 bits per heavy atom. The van der Waals surface area contributed by atoms with Gasteiger partial charge in [-0.1, -0.05) is 28.1 Å². The highest BCUT2D eigenvalue weighted by molar-refractivity contribution is 9.10. The lowest BCUT2D eigenvalue weighted by Gasteiger charge is -2.09. The van der Waals surface area contributed by atoms with Gasteiger partial charge in [0, 0.05) is 10.9 Å². The molecule has 0 heterocycles. The Labute approximate surface area is 113 Å². The summed E-state index contributed by atoms with van der Waals surface area (Å²) < 4.78 is 5.42. The Morgan fingerprint density at radius 2 is 2.06 bits per heavy atom. The molecular weight excluding hydrogens is 307 g/mol. The van der Waals surface area contributed by atoms with Gasteiger partial charge in [0.25, 0.3) is 0 Å². The van der Waals surface area contributed by atoms with E-state index in [1.165, 1.54) is 7.11 Å². The maximum Gasteiger partial charge on any atom is 0.310 e. The van der Waals surface area contributed by atoms with E-state index in [1.54, 1.807) is 0 Å². The smallest absolute Gasteiger partial charge is 0.310 e. The van der Waals surface area contributed by atoms with Crippen molar-refractivity contribution in [1.29, 1.82) is 0 Å². The molecule has 92 valence electrons. The molecule has 0 unspecified atom stereocenters. The van der Waals surface area contributed by atoms with Crippen LogP contribution in [0.15, 0.2) is 22.7 Å². The molecule has 0 fully saturated rings. The number of benzene rings is 1. The predicted octanol–water partition coefficient (Wildman–Crippen LogP) is 2.52. The number of hydrogen-bond acceptors (Lipinski definition) is 3. The van der Waals surface area contributed by atoms with Gasteiger partial charge in [-0.05, 0) is 17.2 Å². The lowest BCUT2D eigenvalue weighted by atomic mass is 10.0. The summed E-state index contributed by atoms with van der Waals surface area (Å²) in [7, 11) is 1.34. The monoisotopic (exact) mass is 318 g/mol. The average molecular weight is 320 g/mol. The maximum absolute atomic E-state index is 11.3. The van der Waals surface area contributed by atoms with E-state index in [1.807, 2.05) is 18.2 Å². The van der Waals surface area contributed by atoms with E-state index in [9.17, 15) is 9.59 Å². The highest BCUT2D eigenvalue weighted by Crippen LogP contribution is 2.22. The molecule has 0 saturated heterocycles. The van der Waals surface area contributed by atoms with Crippen molar-refractivity contribution in [2.45, 2.75) is 12.8 Å². The van der Waals surface area contributed by atoms with Crippen molar-refractivity contribution in [1.82, 2.24) is 0 Å². The van der Waals surface area contributed by atoms with E-state index in [4.69, 9.17) is 11.6 Å². The van der Waals surface area contributed by atoms with Crippen LogP contribution in [0, 0.1) is 0 Å². The van der Waals surface area contributed by atoms with Gasteiger partial charge in [0.15, 0.2) is 5.78 Å². The molecule has 0 aliphatic heterocycles. The molecule has 0 atom stereocenters. The number of ether oxygens (including phenoxy) is 1. The normalized spacial score (nSPS) is 10.1. The number of hydrogen-bond donors (Lipinski definition) is 0. The molecule has 0 radical (unpaired) electrons. The summed E-state index contributed by atoms with van der Waals surface area (Å²) in [5.74, 6) is -0.433. The van der Waals surface area contributed by atoms with Crippen LogP contribution in [0.4, 0.5) is 0 Å². The Bertz CT molecular complexity index is 432. The second-order valence-electron chi connectivity index (χ2n) is 3.48. The van der Waals surface area contributed by atoms with Gasteiger partial charge in [-0.2, -0.15) is 0 Å². The number of carbonyl (C=O) groups excluding carboxylic acids is 2. The van der Waals surface area contributed by atoms with Gasteiger partial charge in [-0.15, -0.1) is 11.6 Å². The van der Waals surface area contributed by atoms with Crippen LogP contribution in [0.3, 0.4) is 0 Å². The minimum atomic E-state index is -0.337. The minimum absolute atomic E-state index is 0.0236. The molecule has 0 saturated carbocycles. The van der Waals surface area contributed by atoms with Gasteiger partial charge in [0.2, 0.25) is 0 Å². The molecule has 0 amide bonds. The van der Waals surface area contributed by atoms with Crippen LogP contribution in [0.1, 0.15) is 11.1 Å². The van der Waals surface area contributed by atoms with Crippen molar-refractivity contribution >= 4 is 39.3 Å². The molecule has 1 aromatic rings. The van der Waals surface area contributed by atoms with Gasteiger partial charge in [0.1, 0.15) is 0 Å². The van der Waals surface area contributed by atoms with E-state index < -0.39 is 0 Å². The van der Waals surface area contributed by atoms with Crippen LogP contribution in [-0.4, -0.2) is 24.7 Å². The first-order valence-electron chi connectivity index (χ1n) is 4.99. The number of carbonyl (C=O) groups is 2. The standard InChI is InChI=1S/C12H12BrClO3/c1-17-12(16)6-10-8(5-9(15)7-14)3-2-4-11(10)13/h2-4H,5-7H2,1H3. The molecule has 17 heavy (non-hydrogen) atoms. The number of rotatable bonds is 5. The zero-order valence-electron chi connectivity index (χ0n) is 9.33. The summed E-state index contributed by atoms with van der Waals surface area (Å²) >= 11 is 8.84. The molecule has 1 aromatic carbocycles. The Balaban J connectivity index is 2.99. The van der Waals surface area contributed by atoms with Gasteiger partial charge in [-0.25, -0.2) is 0 Å². The predicted molar refractivity (Wildman–Crippen MR) is 69.3 cm³/mol. The summed E-state index contributed by atoms with van der Waals surface area (Å²) in [4.78, 5) is 22.6. The van der Waals surface area contributed by atoms with E-state index in [0.717, 1.165) is 15.6 Å². The molecule has 0 aliphatic rings. The first kappa shape index (κ1) is 14.2. The summed E-state index contributed by atoms with van der Waals surface area (Å²) in [5, 5.41) is 0. The van der Waals surface area contributed by atoms with Crippen LogP contribution < -0.4 is 0 Å². The quantitative estimate of drug-likeness (QED) is 0.619. The lowest BCUT2D eigenvalue weighted by molar-refractivity contribution is -0.139. The highest BCUT2D eigenvalue weighted by Gasteiger charge is 2.13. The number of halogens is 2. The van der Waals surface area contributed by atoms with E-state index in [0.29, 0.717) is 0 Å². The van der Waals surface area contributed by atoms with Crippen LogP contribution in [0.25, 0.3) is 0 Å². The van der Waals surface area contributed by atoms with Gasteiger partial charge >= 0.3 is 5.97 Å². The van der Waals surface area contributed by atoms with Gasteiger partial charge in [-0.3, -0.25) is 9.59 Å². The number of esters is 1. The summed E-state index contributed by atoms with van der Waals surface area (Å²) in [5.41, 5.74) is 1.58. The zero-order valence-corrected chi connectivity index (χ0v) is 11.7. The van der Waals surface area contributed by atoms with Gasteiger partial charge in [0.05, 0.1) is 19.4 Å². The first-order chi connectivity index (χ1) is 8.08. The molecule has 1 rings (SSSR count). The number of Topliss-reactive ketones (excluding diaryl/α,β-unsaturated/α-hetero) is 1. The molecule has 0 bridgehead atoms. The first-order valence-corrected chi connectivity index (χ1v) is 6.32. The minimum Gasteiger partial charge on any atom is -0.469 e. The van der Waals surface area contributed by atoms with Crippen molar-refractivity contribution < 1.29 is 14.3 Å². The zero-order chi connectivity index (χ0) is 12.8. The van der Waals surface area contributed by atoms with Crippen LogP contribution >= 0.6 is 27.5 Å². The molecule has 0 N–H and O–H groups in total. The van der Waals surface area contributed by atoms with E-state index in [-0.39, 0.29) is 30.5 Å². The van der Waals surface area contributed by atoms with Crippen molar-refractivity contribution in [2.24, 2.45) is 0 Å². The van der Waals surface area contributed by atoms with Crippen LogP contribution in [0.2, 0.25) is 0 Å². The second-order valence-corrected chi connectivity index (χ2v) is 4.60. The summed E-state index contributed by atoms with van der Waals surface area (Å²) in [6, 6.07) is 5.46. The third kappa shape index (κ3) is 4.13. The Hall–Kier alpha value is -0.870. The summed E-state index contributed by atoms with van der Waals surface area (Å²) in [6.45, 7) is 0. The fourth-order valence-electron chi connectivity index (χ4n) is 1.44. The molecule has 3 nitrogen and oxygen atoms in total. The van der Waals surface area contributed by atoms with E-state index in [2.05, 4.69) is 20.7 Å². The average Bonchev–Trinajstić information content (AvgIpc) is 2.33. The molecule has 5 heteroatoms. The number of alkyl halides is 1. The topological polar surface area (TPSA) is 43.4 Å². The van der Waals surface area contributed by atoms with Crippen molar-refractivity contribution in [3.05, 3.63) is 33.8 Å². The summed E-state index contributed by atoms with van der Waals surface area (Å²) in [6.07, 6.45) is 0.373. The van der Waals surface area contributed by atoms with Crippen molar-refractivity contribution in [3.8, 4) is 0 Å². The van der Waals surface area contributed by atoms with Crippen LogP contribution in [-0.2, 0) is 27.2 Å². The van der Waals surface area contributed by atoms with Crippen molar-refractivity contribution in [2.75, 3.05) is 13.0 Å². The SMILES string of the molecule is COC(=O)Cc1c(Br)cccc1CC(=O)CCl. The van der Waals surface area contributed by atoms with Gasteiger partial charge < -0.3 is 4.74 Å². The lowest BCUT2D eigenvalue weighted by Crippen LogP contribution is -2.11. The number of methoxy groups -OCH3 is 1. The van der Waals surface area contributed by atoms with Crippen LogP contribution in [0.5, 0.6) is 0 Å². The molecule has 0 spiro atoms. The van der Waals surface area contributed by atoms with E-state index >= 15 is 0 Å². The second kappa shape index (κ2) is 6.77. The Morgan fingerprint density at radius 3 is 2.65 bits per heavy atom. The highest BCUT2D eigenvalue weighted by atomic mass is 79.9. The fraction of sp³-hybridized carbons (Fsp3) is 0.333. The fourth-order valence-corrected chi connectivity index (χ4v) is 2.09. The number of ketones is 1. The Kier molecular flexibility index (Phi) is 5.65. The third-order valence-corrected chi connectivity index (χ3v) is 3.34.